The van der Waals surface area contributed by atoms with Gasteiger partial charge in [0.05, 0.1) is 90.7 Å². The van der Waals surface area contributed by atoms with Crippen LogP contribution in [0, 0.1) is 54.4 Å². The average Bonchev–Trinajstić information content (AvgIpc) is 4.37. The standard InChI is InChI=1S/C62H46N8S6/c1-3-5-7-31-71-59-60(72-32-8-6-4-2)76-62(75-59)61-73-57-55-53(43-21-13-39(35-65)14-22-43)49-29-27-47(68-49)51(41-17-9-37(33-63)10-18-41)45-25-26-46(67-45)52(42-19-11-38(34-64)12-20-42)48-28-30-50(69-48)54(56(70-55)58(57)74-61)44-23-15-40(36-66)16-24-44/h9-30,68-69H,3-8,31-32H2,1-2H3. The lowest BCUT2D eigenvalue weighted by Crippen LogP contribution is -1.90. The minimum Gasteiger partial charge on any atom is -0.354 e. The van der Waals surface area contributed by atoms with E-state index in [4.69, 9.17) is 9.97 Å². The highest BCUT2D eigenvalue weighted by molar-refractivity contribution is 8.45. The molecule has 7 heterocycles. The van der Waals surface area contributed by atoms with Gasteiger partial charge in [-0.05, 0) is 132 Å². The molecule has 370 valence electrons. The second kappa shape index (κ2) is 22.9. The predicted octanol–water partition coefficient (Wildman–Crippen LogP) is 17.6. The summed E-state index contributed by atoms with van der Waals surface area (Å²) < 4.78 is 7.41. The highest BCUT2D eigenvalue weighted by Crippen LogP contribution is 2.58. The number of H-pyrrole nitrogens is 2. The fourth-order valence-electron chi connectivity index (χ4n) is 9.39. The third kappa shape index (κ3) is 10.3. The Hall–Kier alpha value is -7.24. The van der Waals surface area contributed by atoms with Crippen LogP contribution in [0.4, 0.5) is 0 Å². The lowest BCUT2D eigenvalue weighted by Gasteiger charge is -2.07. The number of hydrogen-bond acceptors (Lipinski definition) is 12. The zero-order valence-electron chi connectivity index (χ0n) is 41.5. The topological polar surface area (TPSA) is 153 Å². The monoisotopic (exact) mass is 1090 g/mol. The zero-order valence-corrected chi connectivity index (χ0v) is 46.4. The van der Waals surface area contributed by atoms with Crippen LogP contribution >= 0.6 is 69.7 Å². The summed E-state index contributed by atoms with van der Waals surface area (Å²) >= 11 is 11.4. The Bertz CT molecular complexity index is 3960. The Morgan fingerprint density at radius 3 is 1.12 bits per heavy atom. The van der Waals surface area contributed by atoms with Gasteiger partial charge in [-0.1, -0.05) is 112 Å². The lowest BCUT2D eigenvalue weighted by molar-refractivity contribution is 0.779. The van der Waals surface area contributed by atoms with Crippen LogP contribution in [0.15, 0.2) is 130 Å². The molecule has 4 aliphatic heterocycles. The van der Waals surface area contributed by atoms with Gasteiger partial charge >= 0.3 is 0 Å². The number of hydrogen-bond donors (Lipinski definition) is 2. The van der Waals surface area contributed by atoms with E-state index >= 15 is 0 Å². The molecule has 8 bridgehead atoms. The van der Waals surface area contributed by atoms with E-state index in [0.717, 1.165) is 110 Å². The number of nitriles is 4. The van der Waals surface area contributed by atoms with Crippen LogP contribution < -0.4 is 3.85 Å². The molecule has 3 aromatic heterocycles. The molecule has 8 nitrogen and oxygen atoms in total. The smallest absolute Gasteiger partial charge is 0.101 e. The summed E-state index contributed by atoms with van der Waals surface area (Å²) in [6.07, 6.45) is 11.3. The van der Waals surface area contributed by atoms with E-state index in [-0.39, 0.29) is 0 Å². The molecule has 76 heavy (non-hydrogen) atoms. The van der Waals surface area contributed by atoms with Crippen LogP contribution in [0.25, 0.3) is 94.0 Å². The van der Waals surface area contributed by atoms with Crippen molar-refractivity contribution in [3.8, 4) is 68.8 Å². The minimum atomic E-state index is 0.555. The molecule has 0 aliphatic carbocycles. The van der Waals surface area contributed by atoms with Crippen LogP contribution in [0.2, 0.25) is 0 Å². The number of nitrogens with zero attached hydrogens (tertiary/aromatic N) is 6. The van der Waals surface area contributed by atoms with Crippen molar-refractivity contribution in [2.24, 2.45) is 0 Å². The summed E-state index contributed by atoms with van der Waals surface area (Å²) in [5.74, 6) is 2.20. The van der Waals surface area contributed by atoms with E-state index < -0.39 is 0 Å². The molecule has 0 spiro atoms. The van der Waals surface area contributed by atoms with Crippen molar-refractivity contribution >= 4 is 119 Å². The predicted molar refractivity (Wildman–Crippen MR) is 324 cm³/mol. The van der Waals surface area contributed by atoms with Crippen molar-refractivity contribution in [3.63, 3.8) is 0 Å². The molecule has 0 saturated heterocycles. The summed E-state index contributed by atoms with van der Waals surface area (Å²) in [5.41, 5.74) is 15.6. The van der Waals surface area contributed by atoms with Gasteiger partial charge in [-0.25, -0.2) is 9.97 Å². The van der Waals surface area contributed by atoms with Crippen LogP contribution in [0.1, 0.15) is 86.0 Å². The number of fused-ring (bicyclic) bond motifs is 10. The Balaban J connectivity index is 1.29. The molecule has 7 aromatic rings. The number of rotatable bonds is 14. The molecule has 11 rings (SSSR count). The summed E-state index contributed by atoms with van der Waals surface area (Å²) in [5, 5.41) is 39.7. The summed E-state index contributed by atoms with van der Waals surface area (Å²) in [4.78, 5) is 19.0. The van der Waals surface area contributed by atoms with Gasteiger partial charge in [-0.2, -0.15) is 21.0 Å². The Kier molecular flexibility index (Phi) is 15.4. The van der Waals surface area contributed by atoms with E-state index in [9.17, 15) is 21.0 Å². The first kappa shape index (κ1) is 50.9. The van der Waals surface area contributed by atoms with E-state index in [0.29, 0.717) is 22.3 Å². The Labute approximate surface area is 465 Å². The molecule has 0 unspecified atom stereocenters. The van der Waals surface area contributed by atoms with Gasteiger partial charge < -0.3 is 9.97 Å². The maximum atomic E-state index is 10.00. The highest BCUT2D eigenvalue weighted by Gasteiger charge is 2.26. The van der Waals surface area contributed by atoms with Crippen molar-refractivity contribution in [1.29, 1.82) is 21.0 Å². The Morgan fingerprint density at radius 2 is 0.776 bits per heavy atom. The molecule has 2 N–H and O–H groups in total. The minimum absolute atomic E-state index is 0.555. The third-order valence-corrected chi connectivity index (χ3v) is 22.0. The molecule has 0 saturated carbocycles. The second-order valence-corrected chi connectivity index (χ2v) is 25.5. The van der Waals surface area contributed by atoms with E-state index in [1.165, 1.54) is 55.1 Å². The van der Waals surface area contributed by atoms with Crippen molar-refractivity contribution in [2.45, 2.75) is 52.4 Å². The zero-order chi connectivity index (χ0) is 52.1. The molecule has 14 heteroatoms. The third-order valence-electron chi connectivity index (χ3n) is 13.2. The highest BCUT2D eigenvalue weighted by atomic mass is 32.3. The van der Waals surface area contributed by atoms with E-state index in [2.05, 4.69) is 72.4 Å². The van der Waals surface area contributed by atoms with Gasteiger partial charge in [0.15, 0.2) is 0 Å². The molecule has 0 fully saturated rings. The van der Waals surface area contributed by atoms with Crippen molar-refractivity contribution in [3.05, 3.63) is 176 Å². The molecular formula is C62H46N8S6. The van der Waals surface area contributed by atoms with Crippen molar-refractivity contribution < 1.29 is 0 Å². The molecule has 4 aromatic carbocycles. The first-order valence-corrected chi connectivity index (χ1v) is 30.3. The van der Waals surface area contributed by atoms with Gasteiger partial charge in [-0.15, -0.1) is 46.2 Å². The van der Waals surface area contributed by atoms with Crippen LogP contribution in [0.3, 0.4) is 0 Å². The summed E-state index contributed by atoms with van der Waals surface area (Å²) in [6, 6.07) is 48.3. The Morgan fingerprint density at radius 1 is 0.434 bits per heavy atom. The summed E-state index contributed by atoms with van der Waals surface area (Å²) in [7, 11) is 0. The summed E-state index contributed by atoms with van der Waals surface area (Å²) in [6.45, 7) is 4.52. The number of unbranched alkanes of at least 4 members (excludes halogenated alkanes) is 4. The quantitative estimate of drug-likeness (QED) is 0.101. The van der Waals surface area contributed by atoms with Crippen molar-refractivity contribution in [1.82, 2.24) is 19.9 Å². The molecule has 0 atom stereocenters. The van der Waals surface area contributed by atoms with Gasteiger partial charge in [0, 0.05) is 44.3 Å². The fourth-order valence-corrected chi connectivity index (χ4v) is 18.4. The van der Waals surface area contributed by atoms with Crippen LogP contribution in [0.5, 0.6) is 0 Å². The largest absolute Gasteiger partial charge is 0.354 e. The number of benzene rings is 4. The van der Waals surface area contributed by atoms with Gasteiger partial charge in [0.2, 0.25) is 0 Å². The average molecular weight is 1100 g/mol. The number of thioether (sulfide) groups is 4. The molecule has 0 radical (unpaired) electrons. The fraction of sp³-hybridized carbons (Fsp3) is 0.161. The van der Waals surface area contributed by atoms with E-state index in [1.807, 2.05) is 156 Å². The first-order valence-electron chi connectivity index (χ1n) is 25.1. The van der Waals surface area contributed by atoms with Gasteiger partial charge in [0.1, 0.15) is 3.85 Å². The van der Waals surface area contributed by atoms with E-state index in [1.54, 1.807) is 22.7 Å². The number of nitrogens with one attached hydrogen (secondary N) is 2. The second-order valence-electron chi connectivity index (χ2n) is 18.2. The van der Waals surface area contributed by atoms with Gasteiger partial charge in [-0.3, -0.25) is 0 Å². The number of aromatic nitrogens is 4. The maximum Gasteiger partial charge on any atom is 0.101 e. The normalized spacial score (nSPS) is 12.6. The maximum absolute atomic E-state index is 10.00. The van der Waals surface area contributed by atoms with Crippen molar-refractivity contribution in [2.75, 3.05) is 11.5 Å². The number of aromatic amines is 2. The van der Waals surface area contributed by atoms with Gasteiger partial charge in [0.25, 0.3) is 0 Å². The SMILES string of the molecule is CCCCCSC1=C(SCCCCC)SC(=c2sc3c4nc(c(-c5ccc(C#N)cc5)c5ccc([nH]5)c(-c5ccc(C#N)cc5)c5nc(c(-c6ccc(C#N)cc6)c6ccc([nH]6)c4-c4ccc(C#N)cc4)C=C5)c=3s2)S1. The van der Waals surface area contributed by atoms with Crippen LogP contribution in [-0.2, 0) is 0 Å². The first-order chi connectivity index (χ1) is 37.4. The molecular weight excluding hydrogens is 1050 g/mol. The molecule has 0 amide bonds. The van der Waals surface area contributed by atoms with Crippen LogP contribution in [-0.4, -0.2) is 31.4 Å². The lowest BCUT2D eigenvalue weighted by atomic mass is 10.0. The molecule has 4 aliphatic rings.